The van der Waals surface area contributed by atoms with Gasteiger partial charge in [-0.25, -0.2) is 0 Å². The summed E-state index contributed by atoms with van der Waals surface area (Å²) in [4.78, 5) is 11.5. The fourth-order valence-corrected chi connectivity index (χ4v) is 1.73. The van der Waals surface area contributed by atoms with Gasteiger partial charge < -0.3 is 15.2 Å². The van der Waals surface area contributed by atoms with Crippen molar-refractivity contribution in [2.75, 3.05) is 13.6 Å². The first kappa shape index (κ1) is 12.7. The second-order valence-electron chi connectivity index (χ2n) is 3.88. The van der Waals surface area contributed by atoms with Crippen LogP contribution in [0.2, 0.25) is 0 Å². The Morgan fingerprint density at radius 3 is 2.69 bits per heavy atom. The summed E-state index contributed by atoms with van der Waals surface area (Å²) in [5.41, 5.74) is 1.80. The van der Waals surface area contributed by atoms with E-state index in [1.807, 2.05) is 27.8 Å². The number of nitrogens with zero attached hydrogens (tertiary/aromatic N) is 1. The molecule has 16 heavy (non-hydrogen) atoms. The van der Waals surface area contributed by atoms with Crippen molar-refractivity contribution in [3.8, 4) is 0 Å². The van der Waals surface area contributed by atoms with E-state index in [9.17, 15) is 4.79 Å². The standard InChI is InChI=1S/C11H19N3O2/c1-7(13-10(15)5-6-12-4)11-8(2)14-16-9(11)3/h7,12H,5-6H2,1-4H3,(H,13,15). The van der Waals surface area contributed by atoms with Gasteiger partial charge in [-0.3, -0.25) is 4.79 Å². The third-order valence-corrected chi connectivity index (χ3v) is 2.50. The maximum atomic E-state index is 11.5. The van der Waals surface area contributed by atoms with Gasteiger partial charge in [-0.15, -0.1) is 0 Å². The first-order valence-electron chi connectivity index (χ1n) is 5.43. The van der Waals surface area contributed by atoms with Crippen LogP contribution in [0, 0.1) is 13.8 Å². The summed E-state index contributed by atoms with van der Waals surface area (Å²) < 4.78 is 5.07. The van der Waals surface area contributed by atoms with Crippen molar-refractivity contribution < 1.29 is 9.32 Å². The van der Waals surface area contributed by atoms with Crippen molar-refractivity contribution in [3.63, 3.8) is 0 Å². The second kappa shape index (κ2) is 5.65. The molecule has 0 aliphatic carbocycles. The van der Waals surface area contributed by atoms with Crippen molar-refractivity contribution >= 4 is 5.91 Å². The van der Waals surface area contributed by atoms with Crippen molar-refractivity contribution in [1.82, 2.24) is 15.8 Å². The van der Waals surface area contributed by atoms with E-state index in [0.29, 0.717) is 13.0 Å². The summed E-state index contributed by atoms with van der Waals surface area (Å²) in [6.45, 7) is 6.34. The number of nitrogens with one attached hydrogen (secondary N) is 2. The number of amides is 1. The van der Waals surface area contributed by atoms with Gasteiger partial charge in [0.05, 0.1) is 11.7 Å². The molecule has 1 amide bonds. The zero-order chi connectivity index (χ0) is 12.1. The van der Waals surface area contributed by atoms with Gasteiger partial charge in [0.25, 0.3) is 0 Å². The van der Waals surface area contributed by atoms with E-state index in [2.05, 4.69) is 15.8 Å². The minimum atomic E-state index is -0.0596. The molecule has 1 unspecified atom stereocenters. The first-order chi connectivity index (χ1) is 7.56. The summed E-state index contributed by atoms with van der Waals surface area (Å²) in [5.74, 6) is 0.792. The summed E-state index contributed by atoms with van der Waals surface area (Å²) in [6, 6.07) is -0.0596. The van der Waals surface area contributed by atoms with Crippen LogP contribution < -0.4 is 10.6 Å². The van der Waals surface area contributed by atoms with Crippen molar-refractivity contribution in [2.45, 2.75) is 33.2 Å². The molecule has 5 heteroatoms. The zero-order valence-corrected chi connectivity index (χ0v) is 10.3. The second-order valence-corrected chi connectivity index (χ2v) is 3.88. The Bertz CT molecular complexity index is 341. The van der Waals surface area contributed by atoms with Crippen molar-refractivity contribution in [2.24, 2.45) is 0 Å². The Labute approximate surface area is 95.6 Å². The number of hydrogen-bond acceptors (Lipinski definition) is 4. The van der Waals surface area contributed by atoms with Gasteiger partial charge >= 0.3 is 0 Å². The van der Waals surface area contributed by atoms with Gasteiger partial charge in [-0.1, -0.05) is 5.16 Å². The van der Waals surface area contributed by atoms with Gasteiger partial charge in [-0.05, 0) is 27.8 Å². The molecule has 5 nitrogen and oxygen atoms in total. The predicted octanol–water partition coefficient (Wildman–Crippen LogP) is 1.08. The Morgan fingerprint density at radius 1 is 1.50 bits per heavy atom. The van der Waals surface area contributed by atoms with Crippen LogP contribution in [0.1, 0.15) is 36.4 Å². The van der Waals surface area contributed by atoms with Gasteiger partial charge in [0.2, 0.25) is 5.91 Å². The molecule has 0 saturated carbocycles. The minimum Gasteiger partial charge on any atom is -0.361 e. The molecule has 0 aliphatic rings. The molecule has 0 aliphatic heterocycles. The first-order valence-corrected chi connectivity index (χ1v) is 5.43. The minimum absolute atomic E-state index is 0.0295. The van der Waals surface area contributed by atoms with Crippen LogP contribution in [-0.4, -0.2) is 24.7 Å². The summed E-state index contributed by atoms with van der Waals surface area (Å²) in [7, 11) is 1.82. The van der Waals surface area contributed by atoms with Crippen LogP contribution in [0.3, 0.4) is 0 Å². The average Bonchev–Trinajstić information content (AvgIpc) is 2.55. The van der Waals surface area contributed by atoms with E-state index in [-0.39, 0.29) is 11.9 Å². The van der Waals surface area contributed by atoms with Crippen molar-refractivity contribution in [3.05, 3.63) is 17.0 Å². The highest BCUT2D eigenvalue weighted by Crippen LogP contribution is 2.20. The van der Waals surface area contributed by atoms with E-state index < -0.39 is 0 Å². The zero-order valence-electron chi connectivity index (χ0n) is 10.3. The lowest BCUT2D eigenvalue weighted by atomic mass is 10.1. The fourth-order valence-electron chi connectivity index (χ4n) is 1.73. The van der Waals surface area contributed by atoms with Crippen LogP contribution in [0.15, 0.2) is 4.52 Å². The van der Waals surface area contributed by atoms with Crippen LogP contribution in [0.25, 0.3) is 0 Å². The molecule has 1 aromatic rings. The average molecular weight is 225 g/mol. The van der Waals surface area contributed by atoms with Crippen LogP contribution in [0.5, 0.6) is 0 Å². The SMILES string of the molecule is CNCCC(=O)NC(C)c1c(C)noc1C. The highest BCUT2D eigenvalue weighted by molar-refractivity contribution is 5.76. The van der Waals surface area contributed by atoms with Crippen LogP contribution in [0.4, 0.5) is 0 Å². The smallest absolute Gasteiger partial charge is 0.221 e. The third kappa shape index (κ3) is 3.06. The topological polar surface area (TPSA) is 67.2 Å². The van der Waals surface area contributed by atoms with Crippen LogP contribution in [-0.2, 0) is 4.79 Å². The molecule has 1 rings (SSSR count). The number of aryl methyl sites for hydroxylation is 2. The summed E-state index contributed by atoms with van der Waals surface area (Å²) >= 11 is 0. The monoisotopic (exact) mass is 225 g/mol. The molecule has 0 bridgehead atoms. The van der Waals surface area contributed by atoms with E-state index in [1.54, 1.807) is 0 Å². The van der Waals surface area contributed by atoms with E-state index in [1.165, 1.54) is 0 Å². The molecule has 1 heterocycles. The molecule has 2 N–H and O–H groups in total. The van der Waals surface area contributed by atoms with Crippen molar-refractivity contribution in [1.29, 1.82) is 0 Å². The Morgan fingerprint density at radius 2 is 2.19 bits per heavy atom. The number of carbonyl (C=O) groups excluding carboxylic acids is 1. The molecule has 0 spiro atoms. The number of aromatic nitrogens is 1. The van der Waals surface area contributed by atoms with E-state index in [0.717, 1.165) is 17.0 Å². The highest BCUT2D eigenvalue weighted by Gasteiger charge is 2.17. The molecule has 0 radical (unpaired) electrons. The molecule has 90 valence electrons. The molecule has 1 aromatic heterocycles. The highest BCUT2D eigenvalue weighted by atomic mass is 16.5. The van der Waals surface area contributed by atoms with Gasteiger partial charge in [0.1, 0.15) is 5.76 Å². The largest absolute Gasteiger partial charge is 0.361 e. The van der Waals surface area contributed by atoms with E-state index in [4.69, 9.17) is 4.52 Å². The summed E-state index contributed by atoms with van der Waals surface area (Å²) in [6.07, 6.45) is 0.476. The van der Waals surface area contributed by atoms with Crippen LogP contribution >= 0.6 is 0 Å². The van der Waals surface area contributed by atoms with Gasteiger partial charge in [-0.2, -0.15) is 0 Å². The fraction of sp³-hybridized carbons (Fsp3) is 0.636. The molecule has 0 fully saturated rings. The molecular formula is C11H19N3O2. The predicted molar refractivity (Wildman–Crippen MR) is 61.1 cm³/mol. The lowest BCUT2D eigenvalue weighted by Crippen LogP contribution is -2.29. The lowest BCUT2D eigenvalue weighted by Gasteiger charge is -2.13. The van der Waals surface area contributed by atoms with Gasteiger partial charge in [0, 0.05) is 18.5 Å². The molecule has 0 aromatic carbocycles. The normalized spacial score (nSPS) is 12.5. The maximum absolute atomic E-state index is 11.5. The molecule has 1 atom stereocenters. The lowest BCUT2D eigenvalue weighted by molar-refractivity contribution is -0.121. The Kier molecular flexibility index (Phi) is 4.49. The number of carbonyl (C=O) groups is 1. The molecule has 0 saturated heterocycles. The summed E-state index contributed by atoms with van der Waals surface area (Å²) in [5, 5.41) is 9.73. The van der Waals surface area contributed by atoms with E-state index >= 15 is 0 Å². The quantitative estimate of drug-likeness (QED) is 0.787. The maximum Gasteiger partial charge on any atom is 0.221 e. The van der Waals surface area contributed by atoms with Gasteiger partial charge in [0.15, 0.2) is 0 Å². The number of hydrogen-bond donors (Lipinski definition) is 2. The Hall–Kier alpha value is -1.36. The molecular weight excluding hydrogens is 206 g/mol. The Balaban J connectivity index is 2.58. The number of rotatable bonds is 5. The third-order valence-electron chi connectivity index (χ3n) is 2.50.